The maximum atomic E-state index is 6.20. The highest BCUT2D eigenvalue weighted by atomic mass is 35.5. The van der Waals surface area contributed by atoms with Gasteiger partial charge < -0.3 is 5.32 Å². The minimum atomic E-state index is 0.747. The lowest BCUT2D eigenvalue weighted by Crippen LogP contribution is -2.13. The summed E-state index contributed by atoms with van der Waals surface area (Å²) in [5.41, 5.74) is 3.09. The lowest BCUT2D eigenvalue weighted by molar-refractivity contribution is 0.674. The first-order valence-electron chi connectivity index (χ1n) is 6.98. The Morgan fingerprint density at radius 1 is 1.24 bits per heavy atom. The molecule has 0 amide bonds. The smallest absolute Gasteiger partial charge is 0.0831 e. The summed E-state index contributed by atoms with van der Waals surface area (Å²) in [4.78, 5) is 9.99. The Labute approximate surface area is 133 Å². The number of rotatable bonds is 5. The maximum Gasteiger partial charge on any atom is 0.0831 e. The molecule has 0 aliphatic carbocycles. The Kier molecular flexibility index (Phi) is 4.48. The predicted molar refractivity (Wildman–Crippen MR) is 89.9 cm³/mol. The van der Waals surface area contributed by atoms with E-state index in [9.17, 15) is 0 Å². The van der Waals surface area contributed by atoms with Crippen LogP contribution in [0, 0.1) is 0 Å². The van der Waals surface area contributed by atoms with E-state index in [4.69, 9.17) is 11.6 Å². The molecule has 0 atom stereocenters. The molecule has 108 valence electrons. The van der Waals surface area contributed by atoms with E-state index in [-0.39, 0.29) is 0 Å². The van der Waals surface area contributed by atoms with Gasteiger partial charge in [-0.15, -0.1) is 11.3 Å². The minimum Gasteiger partial charge on any atom is -0.313 e. The van der Waals surface area contributed by atoms with Gasteiger partial charge in [-0.05, 0) is 36.7 Å². The van der Waals surface area contributed by atoms with Crippen molar-refractivity contribution in [2.24, 2.45) is 0 Å². The SMILES string of the molecule is CCCNCc1ccc(-c2cc3nccc(Cl)c3s2)nc1. The van der Waals surface area contributed by atoms with Gasteiger partial charge >= 0.3 is 0 Å². The zero-order valence-electron chi connectivity index (χ0n) is 11.8. The van der Waals surface area contributed by atoms with Gasteiger partial charge in [-0.25, -0.2) is 0 Å². The van der Waals surface area contributed by atoms with Gasteiger partial charge in [0, 0.05) is 18.9 Å². The summed E-state index contributed by atoms with van der Waals surface area (Å²) in [5, 5.41) is 4.12. The molecule has 0 fully saturated rings. The first-order chi connectivity index (χ1) is 10.3. The molecule has 0 aliphatic heterocycles. The van der Waals surface area contributed by atoms with Crippen molar-refractivity contribution in [1.29, 1.82) is 0 Å². The normalized spacial score (nSPS) is 11.1. The Morgan fingerprint density at radius 2 is 2.14 bits per heavy atom. The Morgan fingerprint density at radius 3 is 2.86 bits per heavy atom. The van der Waals surface area contributed by atoms with Crippen LogP contribution in [0.1, 0.15) is 18.9 Å². The van der Waals surface area contributed by atoms with Crippen molar-refractivity contribution in [2.45, 2.75) is 19.9 Å². The molecule has 0 saturated heterocycles. The van der Waals surface area contributed by atoms with Crippen LogP contribution in [0.4, 0.5) is 0 Å². The van der Waals surface area contributed by atoms with E-state index < -0.39 is 0 Å². The summed E-state index contributed by atoms with van der Waals surface area (Å²) in [6, 6.07) is 8.04. The second-order valence-corrected chi connectivity index (χ2v) is 6.31. The zero-order chi connectivity index (χ0) is 14.7. The van der Waals surface area contributed by atoms with Crippen LogP contribution in [0.3, 0.4) is 0 Å². The van der Waals surface area contributed by atoms with Crippen LogP contribution in [0.5, 0.6) is 0 Å². The third-order valence-electron chi connectivity index (χ3n) is 3.20. The molecule has 0 aromatic carbocycles. The van der Waals surface area contributed by atoms with Crippen molar-refractivity contribution in [2.75, 3.05) is 6.54 Å². The number of hydrogen-bond donors (Lipinski definition) is 1. The number of hydrogen-bond acceptors (Lipinski definition) is 4. The lowest BCUT2D eigenvalue weighted by Gasteiger charge is -2.03. The van der Waals surface area contributed by atoms with Crippen LogP contribution in [-0.4, -0.2) is 16.5 Å². The minimum absolute atomic E-state index is 0.747. The second kappa shape index (κ2) is 6.52. The molecular weight excluding hydrogens is 302 g/mol. The van der Waals surface area contributed by atoms with Gasteiger partial charge in [0.1, 0.15) is 0 Å². The summed E-state index contributed by atoms with van der Waals surface area (Å²) in [6.07, 6.45) is 4.80. The fourth-order valence-corrected chi connectivity index (χ4v) is 3.38. The number of nitrogens with zero attached hydrogens (tertiary/aromatic N) is 2. The van der Waals surface area contributed by atoms with Crippen molar-refractivity contribution < 1.29 is 0 Å². The van der Waals surface area contributed by atoms with Crippen molar-refractivity contribution in [1.82, 2.24) is 15.3 Å². The van der Waals surface area contributed by atoms with Crippen LogP contribution >= 0.6 is 22.9 Å². The highest BCUT2D eigenvalue weighted by Crippen LogP contribution is 2.35. The zero-order valence-corrected chi connectivity index (χ0v) is 13.3. The molecule has 21 heavy (non-hydrogen) atoms. The van der Waals surface area contributed by atoms with Crippen LogP contribution < -0.4 is 5.32 Å². The highest BCUT2D eigenvalue weighted by molar-refractivity contribution is 7.22. The van der Waals surface area contributed by atoms with Crippen molar-refractivity contribution in [3.63, 3.8) is 0 Å². The maximum absolute atomic E-state index is 6.20. The average Bonchev–Trinajstić information content (AvgIpc) is 2.94. The first kappa shape index (κ1) is 14.4. The molecule has 0 unspecified atom stereocenters. The van der Waals surface area contributed by atoms with Gasteiger partial charge in [-0.2, -0.15) is 0 Å². The van der Waals surface area contributed by atoms with Crippen LogP contribution in [0.15, 0.2) is 36.7 Å². The van der Waals surface area contributed by atoms with Crippen molar-refractivity contribution >= 4 is 33.2 Å². The summed E-state index contributed by atoms with van der Waals surface area (Å²) < 4.78 is 1.02. The number of thiophene rings is 1. The van der Waals surface area contributed by atoms with Gasteiger partial charge in [0.25, 0.3) is 0 Å². The van der Waals surface area contributed by atoms with Crippen LogP contribution in [0.2, 0.25) is 5.02 Å². The molecule has 3 heterocycles. The summed E-state index contributed by atoms with van der Waals surface area (Å²) in [6.45, 7) is 4.05. The average molecular weight is 318 g/mol. The standard InChI is InChI=1S/C16H16ClN3S/c1-2-6-18-9-11-3-4-13(20-10-11)15-8-14-16(21-15)12(17)5-7-19-14/h3-5,7-8,10,18H,2,6,9H2,1H3. The molecule has 0 bridgehead atoms. The van der Waals surface area contributed by atoms with E-state index in [1.54, 1.807) is 17.5 Å². The van der Waals surface area contributed by atoms with E-state index in [1.807, 2.05) is 18.3 Å². The van der Waals surface area contributed by atoms with Crippen molar-refractivity contribution in [3.8, 4) is 10.6 Å². The summed E-state index contributed by atoms with van der Waals surface area (Å²) >= 11 is 7.83. The fraction of sp³-hybridized carbons (Fsp3) is 0.250. The third-order valence-corrected chi connectivity index (χ3v) is 4.80. The molecule has 0 aliphatic rings. The second-order valence-electron chi connectivity index (χ2n) is 4.85. The molecule has 0 radical (unpaired) electrons. The molecule has 0 spiro atoms. The summed E-state index contributed by atoms with van der Waals surface area (Å²) in [7, 11) is 0. The quantitative estimate of drug-likeness (QED) is 0.703. The molecule has 5 heteroatoms. The van der Waals surface area contributed by atoms with E-state index in [0.29, 0.717) is 0 Å². The number of halogens is 1. The van der Waals surface area contributed by atoms with Crippen molar-refractivity contribution in [3.05, 3.63) is 47.2 Å². The monoisotopic (exact) mass is 317 g/mol. The van der Waals surface area contributed by atoms with Gasteiger partial charge in [-0.3, -0.25) is 9.97 Å². The number of nitrogens with one attached hydrogen (secondary N) is 1. The fourth-order valence-electron chi connectivity index (χ4n) is 2.12. The number of pyridine rings is 2. The molecule has 3 aromatic rings. The Hall–Kier alpha value is -1.49. The molecular formula is C16H16ClN3S. The topological polar surface area (TPSA) is 37.8 Å². The number of fused-ring (bicyclic) bond motifs is 1. The molecule has 1 N–H and O–H groups in total. The van der Waals surface area contributed by atoms with E-state index in [1.165, 1.54) is 5.56 Å². The summed E-state index contributed by atoms with van der Waals surface area (Å²) in [5.74, 6) is 0. The van der Waals surface area contributed by atoms with Gasteiger partial charge in [0.05, 0.1) is 25.8 Å². The Bertz CT molecular complexity index is 737. The number of aromatic nitrogens is 2. The van der Waals surface area contributed by atoms with E-state index in [0.717, 1.165) is 45.3 Å². The Balaban J connectivity index is 1.83. The van der Waals surface area contributed by atoms with Gasteiger partial charge in [0.15, 0.2) is 0 Å². The molecule has 3 aromatic heterocycles. The third kappa shape index (κ3) is 3.23. The molecule has 3 rings (SSSR count). The van der Waals surface area contributed by atoms with Gasteiger partial charge in [0.2, 0.25) is 0 Å². The van der Waals surface area contributed by atoms with Gasteiger partial charge in [-0.1, -0.05) is 24.6 Å². The largest absolute Gasteiger partial charge is 0.313 e. The molecule has 0 saturated carbocycles. The first-order valence-corrected chi connectivity index (χ1v) is 8.17. The predicted octanol–water partition coefficient (Wildman–Crippen LogP) is 4.51. The van der Waals surface area contributed by atoms with E-state index >= 15 is 0 Å². The lowest BCUT2D eigenvalue weighted by atomic mass is 10.2. The molecule has 3 nitrogen and oxygen atoms in total. The van der Waals surface area contributed by atoms with Crippen LogP contribution in [-0.2, 0) is 6.54 Å². The van der Waals surface area contributed by atoms with E-state index in [2.05, 4.69) is 34.3 Å². The highest BCUT2D eigenvalue weighted by Gasteiger charge is 2.08. The van der Waals surface area contributed by atoms with Crippen LogP contribution in [0.25, 0.3) is 20.8 Å².